The summed E-state index contributed by atoms with van der Waals surface area (Å²) in [6.45, 7) is 0.845. The van der Waals surface area contributed by atoms with Crippen LogP contribution in [-0.4, -0.2) is 19.6 Å². The lowest BCUT2D eigenvalue weighted by Gasteiger charge is -2.08. The zero-order valence-electron chi connectivity index (χ0n) is 8.82. The monoisotopic (exact) mass is 208 g/mol. The summed E-state index contributed by atoms with van der Waals surface area (Å²) < 4.78 is 4.82. The van der Waals surface area contributed by atoms with Crippen molar-refractivity contribution in [1.82, 2.24) is 0 Å². The van der Waals surface area contributed by atoms with Crippen molar-refractivity contribution in [2.24, 2.45) is 5.73 Å². The first-order valence-electron chi connectivity index (χ1n) is 4.84. The van der Waals surface area contributed by atoms with Crippen molar-refractivity contribution >= 4 is 11.6 Å². The summed E-state index contributed by atoms with van der Waals surface area (Å²) in [7, 11) is 1.57. The Labute approximate surface area is 89.4 Å². The standard InChI is InChI=1S/C11H16N2O2/c1-15-7-6-11(14)13-10-5-3-2-4-9(10)8-12/h2-5H,6-8,12H2,1H3,(H,13,14). The van der Waals surface area contributed by atoms with Gasteiger partial charge in [-0.2, -0.15) is 0 Å². The summed E-state index contributed by atoms with van der Waals surface area (Å²) in [6, 6.07) is 7.50. The van der Waals surface area contributed by atoms with Gasteiger partial charge in [0.1, 0.15) is 0 Å². The van der Waals surface area contributed by atoms with Crippen molar-refractivity contribution in [2.75, 3.05) is 19.0 Å². The number of nitrogens with two attached hydrogens (primary N) is 1. The SMILES string of the molecule is COCCC(=O)Nc1ccccc1CN. The van der Waals surface area contributed by atoms with Crippen LogP contribution >= 0.6 is 0 Å². The van der Waals surface area contributed by atoms with E-state index >= 15 is 0 Å². The molecule has 82 valence electrons. The molecule has 0 unspecified atom stereocenters. The molecule has 0 heterocycles. The Morgan fingerprint density at radius 2 is 2.20 bits per heavy atom. The van der Waals surface area contributed by atoms with Crippen molar-refractivity contribution in [3.8, 4) is 0 Å². The van der Waals surface area contributed by atoms with Crippen molar-refractivity contribution in [1.29, 1.82) is 0 Å². The fraction of sp³-hybridized carbons (Fsp3) is 0.364. The highest BCUT2D eigenvalue weighted by molar-refractivity contribution is 5.91. The van der Waals surface area contributed by atoms with Crippen LogP contribution < -0.4 is 11.1 Å². The molecule has 0 aliphatic heterocycles. The van der Waals surface area contributed by atoms with Gasteiger partial charge < -0.3 is 15.8 Å². The number of anilines is 1. The van der Waals surface area contributed by atoms with E-state index in [0.717, 1.165) is 11.3 Å². The van der Waals surface area contributed by atoms with Gasteiger partial charge in [0.25, 0.3) is 0 Å². The quantitative estimate of drug-likeness (QED) is 0.762. The molecule has 3 N–H and O–H groups in total. The van der Waals surface area contributed by atoms with Gasteiger partial charge in [-0.3, -0.25) is 4.79 Å². The van der Waals surface area contributed by atoms with Gasteiger partial charge in [0.05, 0.1) is 13.0 Å². The summed E-state index contributed by atoms with van der Waals surface area (Å²) in [6.07, 6.45) is 0.357. The highest BCUT2D eigenvalue weighted by Gasteiger charge is 2.04. The van der Waals surface area contributed by atoms with Crippen LogP contribution in [0.2, 0.25) is 0 Å². The van der Waals surface area contributed by atoms with Crippen LogP contribution in [0.3, 0.4) is 0 Å². The molecule has 0 saturated carbocycles. The van der Waals surface area contributed by atoms with Gasteiger partial charge in [-0.1, -0.05) is 18.2 Å². The smallest absolute Gasteiger partial charge is 0.226 e. The molecule has 0 saturated heterocycles. The Morgan fingerprint density at radius 1 is 1.47 bits per heavy atom. The number of benzene rings is 1. The molecule has 0 radical (unpaired) electrons. The molecule has 0 spiro atoms. The number of carbonyl (C=O) groups excluding carboxylic acids is 1. The van der Waals surface area contributed by atoms with Crippen molar-refractivity contribution < 1.29 is 9.53 Å². The lowest BCUT2D eigenvalue weighted by Crippen LogP contribution is -2.15. The van der Waals surface area contributed by atoms with Crippen LogP contribution in [0, 0.1) is 0 Å². The minimum atomic E-state index is -0.0576. The average molecular weight is 208 g/mol. The summed E-state index contributed by atoms with van der Waals surface area (Å²) in [5.74, 6) is -0.0576. The molecule has 1 amide bonds. The third-order valence-electron chi connectivity index (χ3n) is 2.04. The zero-order chi connectivity index (χ0) is 11.1. The Kier molecular flexibility index (Phi) is 4.80. The van der Waals surface area contributed by atoms with E-state index in [2.05, 4.69) is 5.32 Å². The number of nitrogens with one attached hydrogen (secondary N) is 1. The van der Waals surface area contributed by atoms with Gasteiger partial charge in [-0.25, -0.2) is 0 Å². The molecule has 15 heavy (non-hydrogen) atoms. The number of para-hydroxylation sites is 1. The van der Waals surface area contributed by atoms with E-state index in [1.807, 2.05) is 24.3 Å². The maximum atomic E-state index is 11.4. The van der Waals surface area contributed by atoms with E-state index < -0.39 is 0 Å². The Balaban J connectivity index is 2.59. The minimum absolute atomic E-state index is 0.0576. The van der Waals surface area contributed by atoms with E-state index in [1.165, 1.54) is 0 Å². The number of carbonyl (C=O) groups is 1. The second-order valence-electron chi connectivity index (χ2n) is 3.15. The van der Waals surface area contributed by atoms with E-state index in [1.54, 1.807) is 7.11 Å². The predicted octanol–water partition coefficient (Wildman–Crippen LogP) is 1.12. The number of hydrogen-bond acceptors (Lipinski definition) is 3. The highest BCUT2D eigenvalue weighted by atomic mass is 16.5. The predicted molar refractivity (Wildman–Crippen MR) is 59.5 cm³/mol. The lowest BCUT2D eigenvalue weighted by atomic mass is 10.2. The van der Waals surface area contributed by atoms with Gasteiger partial charge in [-0.05, 0) is 11.6 Å². The number of rotatable bonds is 5. The lowest BCUT2D eigenvalue weighted by molar-refractivity contribution is -0.117. The Bertz CT molecular complexity index is 326. The molecule has 1 aromatic rings. The van der Waals surface area contributed by atoms with Crippen LogP contribution in [0.1, 0.15) is 12.0 Å². The largest absolute Gasteiger partial charge is 0.384 e. The van der Waals surface area contributed by atoms with Crippen LogP contribution in [0.15, 0.2) is 24.3 Å². The number of amides is 1. The zero-order valence-corrected chi connectivity index (χ0v) is 8.82. The molecule has 4 heteroatoms. The van der Waals surface area contributed by atoms with Gasteiger partial charge in [-0.15, -0.1) is 0 Å². The van der Waals surface area contributed by atoms with Crippen LogP contribution in [0.4, 0.5) is 5.69 Å². The molecule has 0 aliphatic carbocycles. The third-order valence-corrected chi connectivity index (χ3v) is 2.04. The topological polar surface area (TPSA) is 64.3 Å². The Hall–Kier alpha value is -1.39. The van der Waals surface area contributed by atoms with Crippen LogP contribution in [-0.2, 0) is 16.1 Å². The molecule has 4 nitrogen and oxygen atoms in total. The van der Waals surface area contributed by atoms with Crippen molar-refractivity contribution in [2.45, 2.75) is 13.0 Å². The summed E-state index contributed by atoms with van der Waals surface area (Å²) in [5.41, 5.74) is 7.26. The molecule has 0 aliphatic rings. The van der Waals surface area contributed by atoms with Gasteiger partial charge in [0, 0.05) is 19.3 Å². The van der Waals surface area contributed by atoms with Crippen molar-refractivity contribution in [3.05, 3.63) is 29.8 Å². The second-order valence-corrected chi connectivity index (χ2v) is 3.15. The fourth-order valence-corrected chi connectivity index (χ4v) is 1.23. The van der Waals surface area contributed by atoms with Crippen molar-refractivity contribution in [3.63, 3.8) is 0 Å². The van der Waals surface area contributed by atoms with E-state index in [9.17, 15) is 4.79 Å². The van der Waals surface area contributed by atoms with Crippen LogP contribution in [0.5, 0.6) is 0 Å². The van der Waals surface area contributed by atoms with E-state index in [-0.39, 0.29) is 5.91 Å². The van der Waals surface area contributed by atoms with E-state index in [4.69, 9.17) is 10.5 Å². The normalized spacial score (nSPS) is 10.0. The molecular formula is C11H16N2O2. The Morgan fingerprint density at radius 3 is 2.87 bits per heavy atom. The second kappa shape index (κ2) is 6.16. The number of methoxy groups -OCH3 is 1. The van der Waals surface area contributed by atoms with Gasteiger partial charge in [0.15, 0.2) is 0 Å². The summed E-state index contributed by atoms with van der Waals surface area (Å²) in [5, 5.41) is 2.80. The molecule has 0 aromatic heterocycles. The summed E-state index contributed by atoms with van der Waals surface area (Å²) in [4.78, 5) is 11.4. The summed E-state index contributed by atoms with van der Waals surface area (Å²) >= 11 is 0. The molecule has 0 atom stereocenters. The maximum absolute atomic E-state index is 11.4. The molecule has 0 fully saturated rings. The molecule has 1 aromatic carbocycles. The van der Waals surface area contributed by atoms with Crippen LogP contribution in [0.25, 0.3) is 0 Å². The first-order chi connectivity index (χ1) is 7.27. The first kappa shape index (κ1) is 11.7. The third kappa shape index (κ3) is 3.69. The first-order valence-corrected chi connectivity index (χ1v) is 4.84. The fourth-order valence-electron chi connectivity index (χ4n) is 1.23. The average Bonchev–Trinajstić information content (AvgIpc) is 2.27. The highest BCUT2D eigenvalue weighted by Crippen LogP contribution is 2.14. The maximum Gasteiger partial charge on any atom is 0.226 e. The molecule has 1 rings (SSSR count). The number of hydrogen-bond donors (Lipinski definition) is 2. The van der Waals surface area contributed by atoms with E-state index in [0.29, 0.717) is 19.6 Å². The molecule has 0 bridgehead atoms. The van der Waals surface area contributed by atoms with Gasteiger partial charge in [0.2, 0.25) is 5.91 Å². The minimum Gasteiger partial charge on any atom is -0.384 e. The molecular weight excluding hydrogens is 192 g/mol. The number of ether oxygens (including phenoxy) is 1. The van der Waals surface area contributed by atoms with Gasteiger partial charge >= 0.3 is 0 Å².